The Labute approximate surface area is 155 Å². The predicted octanol–water partition coefficient (Wildman–Crippen LogP) is -0.841. The van der Waals surface area contributed by atoms with E-state index in [4.69, 9.17) is 0 Å². The van der Waals surface area contributed by atoms with Crippen LogP contribution in [0.25, 0.3) is 10.8 Å². The Morgan fingerprint density at radius 2 is 1.40 bits per heavy atom. The van der Waals surface area contributed by atoms with Crippen molar-refractivity contribution in [3.05, 3.63) is 41.5 Å². The van der Waals surface area contributed by atoms with Crippen LogP contribution in [0.15, 0.2) is 30.3 Å². The second-order valence-electron chi connectivity index (χ2n) is 7.05. The summed E-state index contributed by atoms with van der Waals surface area (Å²) in [6.45, 7) is 13.6. The van der Waals surface area contributed by atoms with E-state index in [-0.39, 0.29) is 61.8 Å². The maximum absolute atomic E-state index is 2.34. The molecule has 0 unspecified atom stereocenters. The van der Waals surface area contributed by atoms with Gasteiger partial charge in [0, 0.05) is 0 Å². The molecule has 1 radical (unpaired) electrons. The monoisotopic (exact) mass is 387 g/mol. The Kier molecular flexibility index (Phi) is 8.49. The average molecular weight is 390 g/mol. The smallest absolute Gasteiger partial charge is 1.00 e. The summed E-state index contributed by atoms with van der Waals surface area (Å²) in [6, 6.07) is 11.4. The van der Waals surface area contributed by atoms with Crippen LogP contribution in [0.2, 0.25) is 0 Å². The van der Waals surface area contributed by atoms with Crippen molar-refractivity contribution >= 4 is 10.8 Å². The first-order valence-corrected chi connectivity index (χ1v) is 6.40. The number of rotatable bonds is 0. The molecule has 109 valence electrons. The molecular formula is C17H23Cl2Zr. The summed E-state index contributed by atoms with van der Waals surface area (Å²) < 4.78 is 0. The predicted molar refractivity (Wildman–Crippen MR) is 76.9 cm³/mol. The summed E-state index contributed by atoms with van der Waals surface area (Å²) in [5.74, 6) is 0. The molecule has 0 aliphatic rings. The summed E-state index contributed by atoms with van der Waals surface area (Å²) >= 11 is 0. The molecule has 0 nitrogen and oxygen atoms in total. The molecule has 2 aromatic carbocycles. The van der Waals surface area contributed by atoms with E-state index in [0.29, 0.717) is 0 Å². The minimum absolute atomic E-state index is 0. The van der Waals surface area contributed by atoms with Gasteiger partial charge in [0.25, 0.3) is 0 Å². The van der Waals surface area contributed by atoms with E-state index in [1.807, 2.05) is 0 Å². The van der Waals surface area contributed by atoms with Gasteiger partial charge in [-0.15, -0.1) is 40.6 Å². The number of benzene rings is 1. The van der Waals surface area contributed by atoms with Crippen molar-refractivity contribution in [3.8, 4) is 0 Å². The standard InChI is InChI=1S/C17H23.2ClH.Zr/c1-16(2,3)13-8-9-14-12(11-13)7-10-15(14)17(4,5)6;;;/h7-11H,1-6H3;2*1H;/q-1;;;+3/p-2. The summed E-state index contributed by atoms with van der Waals surface area (Å²) in [6.07, 6.45) is 0. The Balaban J connectivity index is 0. The Morgan fingerprint density at radius 1 is 0.850 bits per heavy atom. The van der Waals surface area contributed by atoms with Crippen LogP contribution in [0.1, 0.15) is 52.7 Å². The van der Waals surface area contributed by atoms with E-state index in [1.54, 1.807) is 0 Å². The van der Waals surface area contributed by atoms with E-state index < -0.39 is 0 Å². The minimum atomic E-state index is 0. The first-order chi connectivity index (χ1) is 7.69. The summed E-state index contributed by atoms with van der Waals surface area (Å²) in [4.78, 5) is 0. The normalized spacial score (nSPS) is 11.3. The molecule has 20 heavy (non-hydrogen) atoms. The van der Waals surface area contributed by atoms with Crippen molar-refractivity contribution in [3.63, 3.8) is 0 Å². The minimum Gasteiger partial charge on any atom is -1.00 e. The van der Waals surface area contributed by atoms with Crippen molar-refractivity contribution in [2.45, 2.75) is 52.4 Å². The zero-order chi connectivity index (χ0) is 12.8. The van der Waals surface area contributed by atoms with Crippen LogP contribution in [-0.2, 0) is 37.0 Å². The third-order valence-electron chi connectivity index (χ3n) is 3.45. The molecule has 0 aliphatic carbocycles. The molecule has 0 atom stereocenters. The summed E-state index contributed by atoms with van der Waals surface area (Å²) in [5.41, 5.74) is 3.32. The van der Waals surface area contributed by atoms with Gasteiger partial charge in [0.2, 0.25) is 0 Å². The van der Waals surface area contributed by atoms with Crippen LogP contribution in [0.5, 0.6) is 0 Å². The quantitative estimate of drug-likeness (QED) is 0.516. The summed E-state index contributed by atoms with van der Waals surface area (Å²) in [7, 11) is 0. The number of hydrogen-bond donors (Lipinski definition) is 0. The third-order valence-corrected chi connectivity index (χ3v) is 3.45. The van der Waals surface area contributed by atoms with Crippen LogP contribution in [0.3, 0.4) is 0 Å². The van der Waals surface area contributed by atoms with E-state index in [0.717, 1.165) is 0 Å². The van der Waals surface area contributed by atoms with Crippen molar-refractivity contribution in [1.82, 2.24) is 0 Å². The molecule has 0 bridgehead atoms. The fourth-order valence-electron chi connectivity index (χ4n) is 2.33. The second kappa shape index (κ2) is 7.52. The fraction of sp³-hybridized carbons (Fsp3) is 0.471. The van der Waals surface area contributed by atoms with Crippen LogP contribution in [-0.4, -0.2) is 0 Å². The van der Waals surface area contributed by atoms with E-state index in [9.17, 15) is 0 Å². The SMILES string of the molecule is CC(C)(C)c1ccc2c(C(C)(C)C)c[cH-]c2c1.[Cl-].[Cl-].[Zr+3]. The molecule has 0 spiro atoms. The molecule has 0 N–H and O–H groups in total. The molecule has 0 saturated heterocycles. The van der Waals surface area contributed by atoms with Crippen LogP contribution in [0.4, 0.5) is 0 Å². The van der Waals surface area contributed by atoms with Gasteiger partial charge in [0.1, 0.15) is 0 Å². The summed E-state index contributed by atoms with van der Waals surface area (Å²) in [5, 5.41) is 2.79. The van der Waals surface area contributed by atoms with Gasteiger partial charge in [0.15, 0.2) is 0 Å². The fourth-order valence-corrected chi connectivity index (χ4v) is 2.33. The van der Waals surface area contributed by atoms with Gasteiger partial charge in [-0.05, 0) is 5.41 Å². The molecule has 0 heterocycles. The van der Waals surface area contributed by atoms with Crippen molar-refractivity contribution in [2.75, 3.05) is 0 Å². The van der Waals surface area contributed by atoms with Crippen LogP contribution >= 0.6 is 0 Å². The molecule has 2 rings (SSSR count). The van der Waals surface area contributed by atoms with Crippen LogP contribution in [0, 0.1) is 0 Å². The maximum Gasteiger partial charge on any atom is 3.00 e. The molecule has 3 heteroatoms. The Morgan fingerprint density at radius 3 is 1.85 bits per heavy atom. The molecular weight excluding hydrogens is 366 g/mol. The van der Waals surface area contributed by atoms with Gasteiger partial charge in [0.05, 0.1) is 0 Å². The largest absolute Gasteiger partial charge is 3.00 e. The Hall–Kier alpha value is 0.293. The number of hydrogen-bond acceptors (Lipinski definition) is 0. The molecule has 0 aliphatic heterocycles. The molecule has 0 fully saturated rings. The van der Waals surface area contributed by atoms with Gasteiger partial charge >= 0.3 is 26.2 Å². The molecule has 0 aromatic heterocycles. The second-order valence-corrected chi connectivity index (χ2v) is 7.05. The van der Waals surface area contributed by atoms with E-state index in [1.165, 1.54) is 21.9 Å². The number of fused-ring (bicyclic) bond motifs is 1. The molecule has 0 saturated carbocycles. The maximum atomic E-state index is 2.34. The first kappa shape index (κ1) is 22.6. The molecule has 0 amide bonds. The van der Waals surface area contributed by atoms with Crippen LogP contribution < -0.4 is 24.8 Å². The van der Waals surface area contributed by atoms with Gasteiger partial charge in [-0.1, -0.05) is 58.6 Å². The third kappa shape index (κ3) is 4.65. The van der Waals surface area contributed by atoms with Crippen molar-refractivity contribution in [2.24, 2.45) is 0 Å². The van der Waals surface area contributed by atoms with Crippen molar-refractivity contribution in [1.29, 1.82) is 0 Å². The topological polar surface area (TPSA) is 0 Å². The van der Waals surface area contributed by atoms with E-state index >= 15 is 0 Å². The van der Waals surface area contributed by atoms with Gasteiger partial charge < -0.3 is 24.8 Å². The first-order valence-electron chi connectivity index (χ1n) is 6.40. The van der Waals surface area contributed by atoms with Gasteiger partial charge in [-0.2, -0.15) is 0 Å². The molecule has 2 aromatic rings. The van der Waals surface area contributed by atoms with Crippen molar-refractivity contribution < 1.29 is 51.0 Å². The number of halogens is 2. The van der Waals surface area contributed by atoms with E-state index in [2.05, 4.69) is 71.9 Å². The zero-order valence-corrected chi connectivity index (χ0v) is 17.1. The van der Waals surface area contributed by atoms with Gasteiger partial charge in [-0.3, -0.25) is 0 Å². The van der Waals surface area contributed by atoms with Gasteiger partial charge in [-0.25, -0.2) is 0 Å². The average Bonchev–Trinajstić information content (AvgIpc) is 2.57. The zero-order valence-electron chi connectivity index (χ0n) is 13.1. The Bertz CT molecular complexity index is 542.